The van der Waals surface area contributed by atoms with Gasteiger partial charge in [-0.2, -0.15) is 5.26 Å². The Morgan fingerprint density at radius 3 is 2.61 bits per heavy atom. The highest BCUT2D eigenvalue weighted by Crippen LogP contribution is 2.09. The van der Waals surface area contributed by atoms with E-state index in [1.807, 2.05) is 15.9 Å². The van der Waals surface area contributed by atoms with Crippen molar-refractivity contribution in [2.75, 3.05) is 32.7 Å². The molecule has 1 N–H and O–H groups in total. The first-order chi connectivity index (χ1) is 11.1. The second-order valence-corrected chi connectivity index (χ2v) is 5.78. The van der Waals surface area contributed by atoms with Crippen molar-refractivity contribution in [3.8, 4) is 6.07 Å². The summed E-state index contributed by atoms with van der Waals surface area (Å²) in [5, 5.41) is 12.0. The van der Waals surface area contributed by atoms with E-state index in [2.05, 4.69) is 19.2 Å². The van der Waals surface area contributed by atoms with Gasteiger partial charge in [0.05, 0.1) is 0 Å². The predicted molar refractivity (Wildman–Crippen MR) is 89.3 cm³/mol. The summed E-state index contributed by atoms with van der Waals surface area (Å²) in [6, 6.07) is 1.98. The fraction of sp³-hybridized carbons (Fsp3) is 0.706. The van der Waals surface area contributed by atoms with E-state index in [0.29, 0.717) is 25.9 Å². The van der Waals surface area contributed by atoms with Crippen molar-refractivity contribution in [1.29, 1.82) is 5.26 Å². The average Bonchev–Trinajstić information content (AvgIpc) is 2.94. The van der Waals surface area contributed by atoms with Crippen molar-refractivity contribution in [2.24, 2.45) is 0 Å². The SMILES string of the molecule is CCCN(/C=C(/C#N)C(=O)NCCCN1CCCC1=O)CCC. The molecule has 6 nitrogen and oxygen atoms in total. The molecule has 2 amide bonds. The van der Waals surface area contributed by atoms with Crippen LogP contribution in [0, 0.1) is 11.3 Å². The Hall–Kier alpha value is -2.03. The summed E-state index contributed by atoms with van der Waals surface area (Å²) in [6.45, 7) is 7.78. The lowest BCUT2D eigenvalue weighted by atomic mass is 10.2. The number of carbonyl (C=O) groups is 2. The van der Waals surface area contributed by atoms with Crippen LogP contribution >= 0.6 is 0 Å². The number of likely N-dealkylation sites (tertiary alicyclic amines) is 1. The maximum Gasteiger partial charge on any atom is 0.263 e. The van der Waals surface area contributed by atoms with Crippen molar-refractivity contribution in [2.45, 2.75) is 46.0 Å². The van der Waals surface area contributed by atoms with Gasteiger partial charge in [-0.15, -0.1) is 0 Å². The first-order valence-corrected chi connectivity index (χ1v) is 8.54. The number of rotatable bonds is 10. The molecule has 0 unspecified atom stereocenters. The van der Waals surface area contributed by atoms with E-state index in [0.717, 1.165) is 38.9 Å². The molecular weight excluding hydrogens is 292 g/mol. The summed E-state index contributed by atoms with van der Waals surface area (Å²) in [7, 11) is 0. The van der Waals surface area contributed by atoms with Crippen LogP contribution in [0.3, 0.4) is 0 Å². The van der Waals surface area contributed by atoms with Gasteiger partial charge in [0, 0.05) is 45.3 Å². The van der Waals surface area contributed by atoms with Crippen LogP contribution in [0.4, 0.5) is 0 Å². The predicted octanol–water partition coefficient (Wildman–Crippen LogP) is 1.64. The van der Waals surface area contributed by atoms with Gasteiger partial charge in [-0.05, 0) is 25.7 Å². The molecule has 1 aliphatic heterocycles. The highest BCUT2D eigenvalue weighted by Gasteiger charge is 2.19. The molecule has 0 aliphatic carbocycles. The summed E-state index contributed by atoms with van der Waals surface area (Å²) in [5.74, 6) is -0.138. The third-order valence-electron chi connectivity index (χ3n) is 3.76. The highest BCUT2D eigenvalue weighted by atomic mass is 16.2. The lowest BCUT2D eigenvalue weighted by Crippen LogP contribution is -2.31. The molecule has 0 aromatic carbocycles. The highest BCUT2D eigenvalue weighted by molar-refractivity contribution is 5.97. The number of carbonyl (C=O) groups excluding carboxylic acids is 2. The van der Waals surface area contributed by atoms with Crippen LogP contribution in [0.2, 0.25) is 0 Å². The van der Waals surface area contributed by atoms with Crippen LogP contribution < -0.4 is 5.32 Å². The number of hydrogen-bond donors (Lipinski definition) is 1. The summed E-state index contributed by atoms with van der Waals surface area (Å²) < 4.78 is 0. The minimum absolute atomic E-state index is 0.143. The lowest BCUT2D eigenvalue weighted by molar-refractivity contribution is -0.127. The zero-order valence-corrected chi connectivity index (χ0v) is 14.3. The van der Waals surface area contributed by atoms with Gasteiger partial charge in [0.25, 0.3) is 5.91 Å². The van der Waals surface area contributed by atoms with Crippen molar-refractivity contribution in [1.82, 2.24) is 15.1 Å². The Morgan fingerprint density at radius 1 is 1.39 bits per heavy atom. The van der Waals surface area contributed by atoms with Gasteiger partial charge in [0.15, 0.2) is 0 Å². The first-order valence-electron chi connectivity index (χ1n) is 8.54. The number of nitrogens with zero attached hydrogens (tertiary/aromatic N) is 3. The molecule has 1 heterocycles. The summed E-state index contributed by atoms with van der Waals surface area (Å²) in [5.41, 5.74) is 0.143. The lowest BCUT2D eigenvalue weighted by Gasteiger charge is -2.19. The van der Waals surface area contributed by atoms with Gasteiger partial charge < -0.3 is 15.1 Å². The largest absolute Gasteiger partial charge is 0.376 e. The number of hydrogen-bond acceptors (Lipinski definition) is 4. The third-order valence-corrected chi connectivity index (χ3v) is 3.76. The van der Waals surface area contributed by atoms with Crippen LogP contribution in [-0.2, 0) is 9.59 Å². The standard InChI is InChI=1S/C17H28N4O2/c1-3-9-20(10-4-2)14-15(13-18)17(23)19-8-6-12-21-11-5-7-16(21)22/h14H,3-12H2,1-2H3,(H,19,23)/b15-14-. The van der Waals surface area contributed by atoms with Crippen LogP contribution in [0.5, 0.6) is 0 Å². The van der Waals surface area contributed by atoms with Crippen molar-refractivity contribution >= 4 is 11.8 Å². The van der Waals surface area contributed by atoms with Crippen LogP contribution in [0.25, 0.3) is 0 Å². The fourth-order valence-corrected chi connectivity index (χ4v) is 2.64. The van der Waals surface area contributed by atoms with E-state index in [1.54, 1.807) is 6.20 Å². The quantitative estimate of drug-likeness (QED) is 0.377. The van der Waals surface area contributed by atoms with E-state index >= 15 is 0 Å². The second kappa shape index (κ2) is 10.7. The monoisotopic (exact) mass is 320 g/mol. The maximum atomic E-state index is 12.1. The molecule has 6 heteroatoms. The molecule has 1 aliphatic rings. The topological polar surface area (TPSA) is 76.4 Å². The van der Waals surface area contributed by atoms with Gasteiger partial charge in [0.2, 0.25) is 5.91 Å². The second-order valence-electron chi connectivity index (χ2n) is 5.78. The molecule has 0 radical (unpaired) electrons. The van der Waals surface area contributed by atoms with E-state index in [-0.39, 0.29) is 17.4 Å². The molecule has 0 atom stereocenters. The third kappa shape index (κ3) is 6.72. The Bertz CT molecular complexity index is 462. The number of amides is 2. The summed E-state index contributed by atoms with van der Waals surface area (Å²) in [6.07, 6.45) is 5.88. The zero-order valence-electron chi connectivity index (χ0n) is 14.3. The van der Waals surface area contributed by atoms with E-state index < -0.39 is 0 Å². The smallest absolute Gasteiger partial charge is 0.263 e. The van der Waals surface area contributed by atoms with E-state index in [4.69, 9.17) is 0 Å². The molecule has 0 spiro atoms. The Kier molecular flexibility index (Phi) is 8.81. The normalized spacial score (nSPS) is 14.7. The first kappa shape index (κ1) is 19.0. The van der Waals surface area contributed by atoms with Gasteiger partial charge in [-0.1, -0.05) is 13.8 Å². The molecule has 128 valence electrons. The van der Waals surface area contributed by atoms with Gasteiger partial charge in [-0.3, -0.25) is 9.59 Å². The maximum absolute atomic E-state index is 12.1. The van der Waals surface area contributed by atoms with Crippen LogP contribution in [-0.4, -0.2) is 54.3 Å². The minimum Gasteiger partial charge on any atom is -0.376 e. The molecule has 0 aromatic rings. The summed E-state index contributed by atoms with van der Waals surface area (Å²) >= 11 is 0. The molecule has 0 saturated carbocycles. The average molecular weight is 320 g/mol. The van der Waals surface area contributed by atoms with Crippen LogP contribution in [0.15, 0.2) is 11.8 Å². The molecular formula is C17H28N4O2. The number of nitrogens with one attached hydrogen (secondary N) is 1. The van der Waals surface area contributed by atoms with E-state index in [9.17, 15) is 14.9 Å². The van der Waals surface area contributed by atoms with Crippen molar-refractivity contribution in [3.05, 3.63) is 11.8 Å². The Labute approximate surface area is 139 Å². The van der Waals surface area contributed by atoms with Crippen LogP contribution in [0.1, 0.15) is 46.0 Å². The molecule has 23 heavy (non-hydrogen) atoms. The van der Waals surface area contributed by atoms with Gasteiger partial charge in [0.1, 0.15) is 11.6 Å². The summed E-state index contributed by atoms with van der Waals surface area (Å²) in [4.78, 5) is 27.4. The minimum atomic E-state index is -0.336. The van der Waals surface area contributed by atoms with E-state index in [1.165, 1.54) is 0 Å². The Balaban J connectivity index is 2.40. The Morgan fingerprint density at radius 2 is 2.09 bits per heavy atom. The molecule has 1 fully saturated rings. The molecule has 1 rings (SSSR count). The molecule has 0 bridgehead atoms. The zero-order chi connectivity index (χ0) is 17.1. The van der Waals surface area contributed by atoms with Crippen molar-refractivity contribution in [3.63, 3.8) is 0 Å². The van der Waals surface area contributed by atoms with Gasteiger partial charge >= 0.3 is 0 Å². The molecule has 1 saturated heterocycles. The number of nitriles is 1. The molecule has 0 aromatic heterocycles. The van der Waals surface area contributed by atoms with Gasteiger partial charge in [-0.25, -0.2) is 0 Å². The fourth-order valence-electron chi connectivity index (χ4n) is 2.64. The van der Waals surface area contributed by atoms with Crippen molar-refractivity contribution < 1.29 is 9.59 Å².